The summed E-state index contributed by atoms with van der Waals surface area (Å²) in [5.41, 5.74) is 6.91. The first-order valence-corrected chi connectivity index (χ1v) is 7.11. The summed E-state index contributed by atoms with van der Waals surface area (Å²) in [5, 5.41) is 1.20. The third kappa shape index (κ3) is 3.86. The number of benzene rings is 1. The van der Waals surface area contributed by atoms with E-state index in [0.29, 0.717) is 22.5 Å². The minimum absolute atomic E-state index is 0.116. The van der Waals surface area contributed by atoms with Crippen LogP contribution in [0.4, 0.5) is 0 Å². The van der Waals surface area contributed by atoms with Crippen LogP contribution in [0.5, 0.6) is 0 Å². The Morgan fingerprint density at radius 3 is 2.56 bits per heavy atom. The van der Waals surface area contributed by atoms with Gasteiger partial charge in [0.15, 0.2) is 0 Å². The maximum absolute atomic E-state index is 6.27. The number of rotatable bonds is 6. The average molecular weight is 289 g/mol. The van der Waals surface area contributed by atoms with Crippen molar-refractivity contribution in [3.05, 3.63) is 33.8 Å². The molecule has 0 aliphatic carbocycles. The summed E-state index contributed by atoms with van der Waals surface area (Å²) >= 11 is 12.3. The van der Waals surface area contributed by atoms with Gasteiger partial charge in [0.05, 0.1) is 10.0 Å². The first kappa shape index (κ1) is 15.8. The highest BCUT2D eigenvalue weighted by molar-refractivity contribution is 6.42. The lowest BCUT2D eigenvalue weighted by Gasteiger charge is -2.30. The van der Waals surface area contributed by atoms with Crippen molar-refractivity contribution < 1.29 is 0 Å². The predicted molar refractivity (Wildman–Crippen MR) is 80.3 cm³/mol. The van der Waals surface area contributed by atoms with Gasteiger partial charge in [-0.05, 0) is 24.6 Å². The summed E-state index contributed by atoms with van der Waals surface area (Å²) in [6.45, 7) is 5.97. The van der Waals surface area contributed by atoms with Gasteiger partial charge in [-0.1, -0.05) is 55.6 Å². The van der Waals surface area contributed by atoms with Crippen molar-refractivity contribution in [1.82, 2.24) is 4.90 Å². The van der Waals surface area contributed by atoms with Crippen LogP contribution in [0.2, 0.25) is 10.0 Å². The van der Waals surface area contributed by atoms with Crippen LogP contribution in [-0.4, -0.2) is 25.0 Å². The van der Waals surface area contributed by atoms with E-state index >= 15 is 0 Å². The highest BCUT2D eigenvalue weighted by Gasteiger charge is 2.20. The third-order valence-electron chi connectivity index (χ3n) is 3.39. The predicted octanol–water partition coefficient (Wildman–Crippen LogP) is 3.97. The Bertz CT molecular complexity index is 382. The molecule has 4 heteroatoms. The van der Waals surface area contributed by atoms with Gasteiger partial charge in [-0.25, -0.2) is 0 Å². The normalized spacial score (nSPS) is 14.8. The van der Waals surface area contributed by atoms with E-state index in [4.69, 9.17) is 28.9 Å². The van der Waals surface area contributed by atoms with Crippen LogP contribution in [0.3, 0.4) is 0 Å². The zero-order valence-electron chi connectivity index (χ0n) is 11.3. The molecule has 1 rings (SSSR count). The number of hydrogen-bond acceptors (Lipinski definition) is 2. The minimum Gasteiger partial charge on any atom is -0.329 e. The van der Waals surface area contributed by atoms with Crippen molar-refractivity contribution >= 4 is 23.2 Å². The number of likely N-dealkylation sites (N-methyl/N-ethyl adjacent to an activating group) is 1. The Morgan fingerprint density at radius 1 is 1.33 bits per heavy atom. The smallest absolute Gasteiger partial charge is 0.0640 e. The molecule has 102 valence electrons. The fourth-order valence-electron chi connectivity index (χ4n) is 2.07. The van der Waals surface area contributed by atoms with Gasteiger partial charge in [-0.3, -0.25) is 4.90 Å². The van der Waals surface area contributed by atoms with E-state index in [0.717, 1.165) is 18.5 Å². The molecule has 0 spiro atoms. The second-order valence-electron chi connectivity index (χ2n) is 4.85. The van der Waals surface area contributed by atoms with Crippen molar-refractivity contribution in [2.45, 2.75) is 26.3 Å². The zero-order chi connectivity index (χ0) is 13.7. The minimum atomic E-state index is 0.116. The van der Waals surface area contributed by atoms with Crippen LogP contribution >= 0.6 is 23.2 Å². The first-order valence-electron chi connectivity index (χ1n) is 6.35. The summed E-state index contributed by atoms with van der Waals surface area (Å²) in [6.07, 6.45) is 1.16. The Hall–Kier alpha value is -0.280. The quantitative estimate of drug-likeness (QED) is 0.858. The van der Waals surface area contributed by atoms with Gasteiger partial charge in [0.25, 0.3) is 0 Å². The van der Waals surface area contributed by atoms with Crippen molar-refractivity contribution in [3.63, 3.8) is 0 Å². The van der Waals surface area contributed by atoms with Gasteiger partial charge in [0.1, 0.15) is 0 Å². The highest BCUT2D eigenvalue weighted by atomic mass is 35.5. The van der Waals surface area contributed by atoms with E-state index < -0.39 is 0 Å². The fraction of sp³-hybridized carbons (Fsp3) is 0.571. The highest BCUT2D eigenvalue weighted by Crippen LogP contribution is 2.32. The van der Waals surface area contributed by atoms with Crippen LogP contribution in [0.1, 0.15) is 31.9 Å². The lowest BCUT2D eigenvalue weighted by molar-refractivity contribution is 0.215. The Kier molecular flexibility index (Phi) is 6.44. The number of halogens is 2. The molecule has 2 N–H and O–H groups in total. The van der Waals surface area contributed by atoms with Crippen LogP contribution in [0.25, 0.3) is 0 Å². The Balaban J connectivity index is 2.91. The number of nitrogens with two attached hydrogens (primary N) is 1. The van der Waals surface area contributed by atoms with Crippen molar-refractivity contribution in [2.75, 3.05) is 20.1 Å². The molecule has 0 saturated heterocycles. The van der Waals surface area contributed by atoms with E-state index in [9.17, 15) is 0 Å². The van der Waals surface area contributed by atoms with E-state index in [2.05, 4.69) is 25.8 Å². The number of hydrogen-bond donors (Lipinski definition) is 1. The second-order valence-corrected chi connectivity index (χ2v) is 5.63. The number of nitrogens with zero attached hydrogens (tertiary/aromatic N) is 1. The molecule has 0 radical (unpaired) electrons. The van der Waals surface area contributed by atoms with Gasteiger partial charge in [0, 0.05) is 19.1 Å². The van der Waals surface area contributed by atoms with Gasteiger partial charge in [-0.15, -0.1) is 0 Å². The SMILES string of the molecule is CCC(C)CN(C)C(CN)c1cccc(Cl)c1Cl. The third-order valence-corrected chi connectivity index (χ3v) is 4.23. The summed E-state index contributed by atoms with van der Waals surface area (Å²) in [6, 6.07) is 5.84. The molecule has 0 heterocycles. The fourth-order valence-corrected chi connectivity index (χ4v) is 2.50. The van der Waals surface area contributed by atoms with Crippen LogP contribution < -0.4 is 5.73 Å². The molecule has 0 bridgehead atoms. The molecule has 2 atom stereocenters. The van der Waals surface area contributed by atoms with Crippen molar-refractivity contribution in [3.8, 4) is 0 Å². The Labute approximate surface area is 120 Å². The molecule has 0 aliphatic rings. The van der Waals surface area contributed by atoms with E-state index in [1.54, 1.807) is 6.07 Å². The van der Waals surface area contributed by atoms with Gasteiger partial charge in [0.2, 0.25) is 0 Å². The van der Waals surface area contributed by atoms with Crippen molar-refractivity contribution in [1.29, 1.82) is 0 Å². The maximum atomic E-state index is 6.27. The molecular weight excluding hydrogens is 267 g/mol. The van der Waals surface area contributed by atoms with E-state index in [1.807, 2.05) is 12.1 Å². The largest absolute Gasteiger partial charge is 0.329 e. The molecule has 2 nitrogen and oxygen atoms in total. The first-order chi connectivity index (χ1) is 8.51. The lowest BCUT2D eigenvalue weighted by atomic mass is 10.0. The molecule has 18 heavy (non-hydrogen) atoms. The lowest BCUT2D eigenvalue weighted by Crippen LogP contribution is -2.33. The topological polar surface area (TPSA) is 29.3 Å². The summed E-state index contributed by atoms with van der Waals surface area (Å²) in [5.74, 6) is 0.641. The van der Waals surface area contributed by atoms with Gasteiger partial charge >= 0.3 is 0 Å². The molecule has 0 amide bonds. The van der Waals surface area contributed by atoms with E-state index in [-0.39, 0.29) is 6.04 Å². The molecule has 1 aromatic rings. The molecule has 0 saturated carbocycles. The molecule has 0 aromatic heterocycles. The summed E-state index contributed by atoms with van der Waals surface area (Å²) < 4.78 is 0. The van der Waals surface area contributed by atoms with Crippen LogP contribution in [0, 0.1) is 5.92 Å². The monoisotopic (exact) mass is 288 g/mol. The molecule has 0 fully saturated rings. The standard InChI is InChI=1S/C14H22Cl2N2/c1-4-10(2)9-18(3)13(8-17)11-6-5-7-12(15)14(11)16/h5-7,10,13H,4,8-9,17H2,1-3H3. The second kappa shape index (κ2) is 7.34. The molecule has 1 aromatic carbocycles. The molecule has 0 aliphatic heterocycles. The van der Waals surface area contributed by atoms with Gasteiger partial charge in [-0.2, -0.15) is 0 Å². The van der Waals surface area contributed by atoms with Crippen molar-refractivity contribution in [2.24, 2.45) is 11.7 Å². The summed E-state index contributed by atoms with van der Waals surface area (Å²) in [4.78, 5) is 2.26. The van der Waals surface area contributed by atoms with Crippen LogP contribution in [0.15, 0.2) is 18.2 Å². The zero-order valence-corrected chi connectivity index (χ0v) is 12.8. The average Bonchev–Trinajstić information content (AvgIpc) is 2.35. The van der Waals surface area contributed by atoms with E-state index in [1.165, 1.54) is 0 Å². The maximum Gasteiger partial charge on any atom is 0.0640 e. The molecule has 2 unspecified atom stereocenters. The molecular formula is C14H22Cl2N2. The van der Waals surface area contributed by atoms with Crippen LogP contribution in [-0.2, 0) is 0 Å². The Morgan fingerprint density at radius 2 is 2.00 bits per heavy atom. The summed E-state index contributed by atoms with van der Waals surface area (Å²) in [7, 11) is 2.08. The van der Waals surface area contributed by atoms with Gasteiger partial charge < -0.3 is 5.73 Å².